The molecule has 6 nitrogen and oxygen atoms in total. The van der Waals surface area contributed by atoms with Crippen LogP contribution in [0.1, 0.15) is 57.7 Å². The highest BCUT2D eigenvalue weighted by molar-refractivity contribution is 7.90. The molecule has 160 valence electrons. The summed E-state index contributed by atoms with van der Waals surface area (Å²) in [7, 11) is -3.42. The third-order valence-corrected chi connectivity index (χ3v) is 6.13. The maximum absolute atomic E-state index is 12.4. The van der Waals surface area contributed by atoms with Gasteiger partial charge in [0.1, 0.15) is 0 Å². The average molecular weight is 419 g/mol. The molecule has 7 heteroatoms. The highest BCUT2D eigenvalue weighted by atomic mass is 32.2. The van der Waals surface area contributed by atoms with Crippen molar-refractivity contribution < 1.29 is 8.42 Å². The maximum atomic E-state index is 12.4. The number of aryl methyl sites for hydroxylation is 1. The fraction of sp³-hybridized carbons (Fsp3) is 0.500. The number of anilines is 4. The number of hydrogen-bond acceptors (Lipinski definition) is 6. The number of rotatable bonds is 9. The molecule has 0 bridgehead atoms. The van der Waals surface area contributed by atoms with Gasteiger partial charge >= 0.3 is 0 Å². The normalized spacial score (nSPS) is 11.7. The molecule has 0 aliphatic rings. The van der Waals surface area contributed by atoms with Gasteiger partial charge in [0.05, 0.1) is 22.0 Å². The highest BCUT2D eigenvalue weighted by Gasteiger charge is 2.19. The van der Waals surface area contributed by atoms with Gasteiger partial charge in [-0.05, 0) is 49.9 Å². The third kappa shape index (κ3) is 5.63. The van der Waals surface area contributed by atoms with Crippen LogP contribution in [0.5, 0.6) is 0 Å². The number of nitrogens with zero attached hydrogens (tertiary/aromatic N) is 2. The number of pyridine rings is 1. The van der Waals surface area contributed by atoms with Crippen LogP contribution in [-0.4, -0.2) is 32.7 Å². The van der Waals surface area contributed by atoms with Crippen molar-refractivity contribution in [3.8, 4) is 0 Å². The van der Waals surface area contributed by atoms with Crippen molar-refractivity contribution in [2.45, 2.75) is 58.3 Å². The fourth-order valence-corrected chi connectivity index (χ4v) is 4.12. The van der Waals surface area contributed by atoms with E-state index in [1.54, 1.807) is 12.1 Å². The van der Waals surface area contributed by atoms with Crippen LogP contribution in [-0.2, 0) is 9.84 Å². The van der Waals surface area contributed by atoms with Gasteiger partial charge in [0, 0.05) is 25.0 Å². The minimum Gasteiger partial charge on any atom is -0.394 e. The van der Waals surface area contributed by atoms with E-state index in [0.29, 0.717) is 17.2 Å². The fourth-order valence-electron chi connectivity index (χ4n) is 3.26. The minimum atomic E-state index is -3.42. The number of sulfone groups is 1. The molecule has 0 fully saturated rings. The zero-order valence-corrected chi connectivity index (χ0v) is 19.2. The Hall–Kier alpha value is -2.28. The van der Waals surface area contributed by atoms with Gasteiger partial charge in [-0.1, -0.05) is 33.3 Å². The Bertz CT molecular complexity index is 956. The molecular weight excluding hydrogens is 384 g/mol. The van der Waals surface area contributed by atoms with E-state index in [9.17, 15) is 8.42 Å². The lowest BCUT2D eigenvalue weighted by Crippen LogP contribution is -2.25. The first kappa shape index (κ1) is 23.0. The van der Waals surface area contributed by atoms with Crippen LogP contribution in [0.4, 0.5) is 22.9 Å². The second-order valence-corrected chi connectivity index (χ2v) is 9.77. The second-order valence-electron chi connectivity index (χ2n) is 7.79. The van der Waals surface area contributed by atoms with Crippen molar-refractivity contribution in [3.05, 3.63) is 35.5 Å². The summed E-state index contributed by atoms with van der Waals surface area (Å²) in [6.45, 7) is 12.0. The molecular formula is C22H34N4O2S. The summed E-state index contributed by atoms with van der Waals surface area (Å²) >= 11 is 0. The molecule has 1 heterocycles. The molecule has 3 N–H and O–H groups in total. The Morgan fingerprint density at radius 2 is 1.90 bits per heavy atom. The summed E-state index contributed by atoms with van der Waals surface area (Å²) in [5.41, 5.74) is 10.2. The van der Waals surface area contributed by atoms with E-state index >= 15 is 0 Å². The maximum Gasteiger partial charge on any atom is 0.177 e. The smallest absolute Gasteiger partial charge is 0.177 e. The number of nitrogen functional groups attached to an aromatic ring is 1. The van der Waals surface area contributed by atoms with Gasteiger partial charge in [-0.2, -0.15) is 0 Å². The molecule has 0 amide bonds. The molecule has 2 rings (SSSR count). The lowest BCUT2D eigenvalue weighted by Gasteiger charge is -2.26. The predicted octanol–water partition coefficient (Wildman–Crippen LogP) is 4.87. The lowest BCUT2D eigenvalue weighted by atomic mass is 10.0. The zero-order valence-electron chi connectivity index (χ0n) is 18.4. The molecule has 0 spiro atoms. The van der Waals surface area contributed by atoms with Gasteiger partial charge in [0.2, 0.25) is 0 Å². The Kier molecular flexibility index (Phi) is 7.52. The van der Waals surface area contributed by atoms with Crippen LogP contribution in [0.15, 0.2) is 29.2 Å². The summed E-state index contributed by atoms with van der Waals surface area (Å²) in [6, 6.07) is 7.45. The molecule has 2 aromatic rings. The van der Waals surface area contributed by atoms with Crippen molar-refractivity contribution >= 4 is 32.7 Å². The lowest BCUT2D eigenvalue weighted by molar-refractivity contribution is 0.602. The number of nitrogens with one attached hydrogen (secondary N) is 1. The second kappa shape index (κ2) is 9.48. The summed E-state index contributed by atoms with van der Waals surface area (Å²) in [5.74, 6) is 0.715. The van der Waals surface area contributed by atoms with Gasteiger partial charge in [0.25, 0.3) is 0 Å². The molecule has 1 aromatic carbocycles. The monoisotopic (exact) mass is 418 g/mol. The van der Waals surface area contributed by atoms with Crippen molar-refractivity contribution in [2.75, 3.05) is 35.3 Å². The Labute approximate surface area is 175 Å². The van der Waals surface area contributed by atoms with Crippen LogP contribution in [0, 0.1) is 6.92 Å². The molecule has 29 heavy (non-hydrogen) atoms. The van der Waals surface area contributed by atoms with Crippen LogP contribution >= 0.6 is 0 Å². The van der Waals surface area contributed by atoms with E-state index in [2.05, 4.69) is 29.0 Å². The topological polar surface area (TPSA) is 88.3 Å². The van der Waals surface area contributed by atoms with Crippen LogP contribution in [0.25, 0.3) is 0 Å². The molecule has 0 radical (unpaired) electrons. The van der Waals surface area contributed by atoms with E-state index in [1.165, 1.54) is 6.26 Å². The van der Waals surface area contributed by atoms with Crippen molar-refractivity contribution in [3.63, 3.8) is 0 Å². The van der Waals surface area contributed by atoms with Crippen molar-refractivity contribution in [2.24, 2.45) is 0 Å². The van der Waals surface area contributed by atoms with Gasteiger partial charge in [-0.25, -0.2) is 13.4 Å². The number of nitrogens with two attached hydrogens (primary N) is 1. The number of unbranched alkanes of at least 4 members (excludes halogenated alkanes) is 1. The van der Waals surface area contributed by atoms with E-state index < -0.39 is 9.84 Å². The Morgan fingerprint density at radius 3 is 2.45 bits per heavy atom. The minimum absolute atomic E-state index is 0.231. The molecule has 1 aromatic heterocycles. The summed E-state index contributed by atoms with van der Waals surface area (Å²) in [4.78, 5) is 7.04. The summed E-state index contributed by atoms with van der Waals surface area (Å²) in [5, 5.41) is 3.19. The molecule has 0 aliphatic carbocycles. The van der Waals surface area contributed by atoms with Gasteiger partial charge < -0.3 is 16.0 Å². The Morgan fingerprint density at radius 1 is 1.21 bits per heavy atom. The van der Waals surface area contributed by atoms with Crippen molar-refractivity contribution in [1.29, 1.82) is 0 Å². The van der Waals surface area contributed by atoms with Crippen LogP contribution < -0.4 is 16.0 Å². The van der Waals surface area contributed by atoms with E-state index in [-0.39, 0.29) is 10.8 Å². The van der Waals surface area contributed by atoms with E-state index in [4.69, 9.17) is 5.73 Å². The largest absolute Gasteiger partial charge is 0.394 e. The van der Waals surface area contributed by atoms with Gasteiger partial charge in [-0.15, -0.1) is 0 Å². The first-order chi connectivity index (χ1) is 13.6. The van der Waals surface area contributed by atoms with Crippen molar-refractivity contribution in [1.82, 2.24) is 4.98 Å². The quantitative estimate of drug-likeness (QED) is 0.604. The van der Waals surface area contributed by atoms with E-state index in [1.807, 2.05) is 32.9 Å². The first-order valence-corrected chi connectivity index (χ1v) is 12.1. The highest BCUT2D eigenvalue weighted by Crippen LogP contribution is 2.34. The molecule has 0 aliphatic heterocycles. The van der Waals surface area contributed by atoms with Gasteiger partial charge in [0.15, 0.2) is 15.7 Å². The zero-order chi connectivity index (χ0) is 21.8. The molecule has 0 unspecified atom stereocenters. The Balaban J connectivity index is 2.52. The first-order valence-electron chi connectivity index (χ1n) is 10.2. The third-order valence-electron chi connectivity index (χ3n) is 4.99. The summed E-state index contributed by atoms with van der Waals surface area (Å²) < 4.78 is 24.8. The number of aromatic nitrogens is 1. The predicted molar refractivity (Wildman–Crippen MR) is 123 cm³/mol. The number of hydrogen-bond donors (Lipinski definition) is 2. The van der Waals surface area contributed by atoms with E-state index in [0.717, 1.165) is 42.9 Å². The van der Waals surface area contributed by atoms with Crippen LogP contribution in [0.2, 0.25) is 0 Å². The average Bonchev–Trinajstić information content (AvgIpc) is 2.64. The standard InChI is InChI=1S/C22H34N4O2S/c1-7-9-12-26(8-2)19-13-16(5)24-22(21(19)23)25-18-11-10-17(15(3)4)14-20(18)29(6,27)28/h10-11,13-15H,7-9,12,23H2,1-6H3,(H,24,25). The van der Waals surface area contributed by atoms with Crippen LogP contribution in [0.3, 0.4) is 0 Å². The SMILES string of the molecule is CCCCN(CC)c1cc(C)nc(Nc2ccc(C(C)C)cc2S(C)(=O)=O)c1N. The molecule has 0 atom stereocenters. The summed E-state index contributed by atoms with van der Waals surface area (Å²) in [6.07, 6.45) is 3.40. The molecule has 0 saturated carbocycles. The number of benzene rings is 1. The van der Waals surface area contributed by atoms with Gasteiger partial charge in [-0.3, -0.25) is 0 Å². The molecule has 0 saturated heterocycles.